The minimum atomic E-state index is -0.353. The third kappa shape index (κ3) is 9.62. The van der Waals surface area contributed by atoms with E-state index in [1.54, 1.807) is 28.5 Å². The van der Waals surface area contributed by atoms with E-state index in [1.165, 1.54) is 0 Å². The second-order valence-electron chi connectivity index (χ2n) is 6.65. The van der Waals surface area contributed by atoms with Crippen LogP contribution in [0.15, 0.2) is 0 Å². The highest BCUT2D eigenvalue weighted by Gasteiger charge is 2.33. The Kier molecular flexibility index (Phi) is 10.3. The average molecular weight is 362 g/mol. The molecule has 0 radical (unpaired) electrons. The molecule has 6 heteroatoms. The van der Waals surface area contributed by atoms with Crippen LogP contribution in [-0.4, -0.2) is 41.9 Å². The third-order valence-electron chi connectivity index (χ3n) is 4.15. The van der Waals surface area contributed by atoms with Gasteiger partial charge in [0.15, 0.2) is 0 Å². The van der Waals surface area contributed by atoms with E-state index >= 15 is 0 Å². The fourth-order valence-electron chi connectivity index (χ4n) is 2.72. The minimum absolute atomic E-state index is 0.0734. The molecule has 1 aliphatic heterocycles. The maximum atomic E-state index is 12.0. The molecule has 0 amide bonds. The van der Waals surface area contributed by atoms with Gasteiger partial charge in [-0.25, -0.2) is 0 Å². The summed E-state index contributed by atoms with van der Waals surface area (Å²) in [6.45, 7) is 7.75. The first kappa shape index (κ1) is 20.8. The number of ketones is 1. The molecule has 1 fully saturated rings. The van der Waals surface area contributed by atoms with Crippen LogP contribution in [-0.2, 0) is 14.3 Å². The van der Waals surface area contributed by atoms with E-state index in [9.17, 15) is 9.59 Å². The molecule has 1 aliphatic rings. The highest BCUT2D eigenvalue weighted by Crippen LogP contribution is 2.29. The van der Waals surface area contributed by atoms with Gasteiger partial charge in [-0.2, -0.15) is 0 Å². The molecular weight excluding hydrogens is 330 g/mol. The summed E-state index contributed by atoms with van der Waals surface area (Å²) in [6.07, 6.45) is 5.12. The van der Waals surface area contributed by atoms with E-state index < -0.39 is 0 Å². The number of carbonyl (C=O) groups excluding carboxylic acids is 2. The molecule has 0 spiro atoms. The number of esters is 1. The van der Waals surface area contributed by atoms with Crippen molar-refractivity contribution in [2.24, 2.45) is 5.92 Å². The lowest BCUT2D eigenvalue weighted by atomic mass is 9.83. The molecule has 1 heterocycles. The molecule has 0 aromatic carbocycles. The van der Waals surface area contributed by atoms with Crippen molar-refractivity contribution in [1.82, 2.24) is 5.32 Å². The lowest BCUT2D eigenvalue weighted by molar-refractivity contribution is -0.162. The molecule has 0 aromatic heterocycles. The van der Waals surface area contributed by atoms with Gasteiger partial charge in [0.05, 0.1) is 0 Å². The Labute approximate surface area is 148 Å². The molecular formula is C17H31NO3S2. The first-order valence-electron chi connectivity index (χ1n) is 8.58. The van der Waals surface area contributed by atoms with Crippen LogP contribution in [0.25, 0.3) is 0 Å². The zero-order valence-electron chi connectivity index (χ0n) is 14.7. The fourth-order valence-corrected chi connectivity index (χ4v) is 4.89. The van der Waals surface area contributed by atoms with Crippen molar-refractivity contribution in [1.29, 1.82) is 0 Å². The SMILES string of the molecule is CC(=O)CCCSSCCCC(=O)OC(C)(C)C1CCNCC1. The van der Waals surface area contributed by atoms with E-state index in [4.69, 9.17) is 4.74 Å². The van der Waals surface area contributed by atoms with Crippen LogP contribution >= 0.6 is 21.6 Å². The zero-order chi connectivity index (χ0) is 17.1. The van der Waals surface area contributed by atoms with Crippen LogP contribution in [0.2, 0.25) is 0 Å². The predicted octanol–water partition coefficient (Wildman–Crippen LogP) is 3.84. The Bertz CT molecular complexity index is 369. The quantitative estimate of drug-likeness (QED) is 0.343. The van der Waals surface area contributed by atoms with Crippen molar-refractivity contribution in [2.75, 3.05) is 24.6 Å². The Morgan fingerprint density at radius 3 is 2.22 bits per heavy atom. The molecule has 4 nitrogen and oxygen atoms in total. The number of Topliss-reactive ketones (excluding diaryl/α,β-unsaturated/α-hetero) is 1. The second kappa shape index (κ2) is 11.4. The smallest absolute Gasteiger partial charge is 0.306 e. The van der Waals surface area contributed by atoms with Crippen molar-refractivity contribution in [3.05, 3.63) is 0 Å². The Hall–Kier alpha value is -0.200. The van der Waals surface area contributed by atoms with Gasteiger partial charge in [0.2, 0.25) is 0 Å². The maximum Gasteiger partial charge on any atom is 0.306 e. The molecule has 134 valence electrons. The summed E-state index contributed by atoms with van der Waals surface area (Å²) in [5.41, 5.74) is -0.353. The van der Waals surface area contributed by atoms with E-state index in [1.807, 2.05) is 13.8 Å². The summed E-state index contributed by atoms with van der Waals surface area (Å²) < 4.78 is 5.73. The molecule has 0 unspecified atom stereocenters. The van der Waals surface area contributed by atoms with Gasteiger partial charge in [0.25, 0.3) is 0 Å². The summed E-state index contributed by atoms with van der Waals surface area (Å²) in [4.78, 5) is 22.8. The largest absolute Gasteiger partial charge is 0.459 e. The Balaban J connectivity index is 2.06. The molecule has 0 aliphatic carbocycles. The van der Waals surface area contributed by atoms with Crippen molar-refractivity contribution < 1.29 is 14.3 Å². The van der Waals surface area contributed by atoms with Crippen molar-refractivity contribution in [2.45, 2.75) is 64.9 Å². The zero-order valence-corrected chi connectivity index (χ0v) is 16.3. The lowest BCUT2D eigenvalue weighted by Crippen LogP contribution is -2.42. The van der Waals surface area contributed by atoms with Gasteiger partial charge < -0.3 is 14.8 Å². The molecule has 0 saturated carbocycles. The number of piperidine rings is 1. The van der Waals surface area contributed by atoms with Crippen molar-refractivity contribution in [3.63, 3.8) is 0 Å². The monoisotopic (exact) mass is 361 g/mol. The molecule has 23 heavy (non-hydrogen) atoms. The van der Waals surface area contributed by atoms with Gasteiger partial charge in [-0.3, -0.25) is 4.79 Å². The van der Waals surface area contributed by atoms with Gasteiger partial charge in [-0.1, -0.05) is 21.6 Å². The van der Waals surface area contributed by atoms with E-state index in [0.29, 0.717) is 18.8 Å². The standard InChI is InChI=1S/C17H31NO3S2/c1-14(19)6-4-12-22-23-13-5-7-16(20)21-17(2,3)15-8-10-18-11-9-15/h15,18H,4-13H2,1-3H3. The highest BCUT2D eigenvalue weighted by atomic mass is 33.1. The van der Waals surface area contributed by atoms with Gasteiger partial charge in [0.1, 0.15) is 11.4 Å². The average Bonchev–Trinajstić information content (AvgIpc) is 2.50. The molecule has 0 atom stereocenters. The number of rotatable bonds is 11. The number of hydrogen-bond donors (Lipinski definition) is 1. The van der Waals surface area contributed by atoms with E-state index in [2.05, 4.69) is 5.32 Å². The van der Waals surface area contributed by atoms with Crippen molar-refractivity contribution in [3.8, 4) is 0 Å². The van der Waals surface area contributed by atoms with Gasteiger partial charge in [-0.15, -0.1) is 0 Å². The van der Waals surface area contributed by atoms with Gasteiger partial charge in [0, 0.05) is 30.3 Å². The summed E-state index contributed by atoms with van der Waals surface area (Å²) >= 11 is 0. The van der Waals surface area contributed by atoms with Crippen LogP contribution in [0.4, 0.5) is 0 Å². The van der Waals surface area contributed by atoms with Gasteiger partial charge in [-0.05, 0) is 59.5 Å². The lowest BCUT2D eigenvalue weighted by Gasteiger charge is -2.36. The van der Waals surface area contributed by atoms with Crippen LogP contribution in [0.1, 0.15) is 59.3 Å². The maximum absolute atomic E-state index is 12.0. The van der Waals surface area contributed by atoms with E-state index in [-0.39, 0.29) is 17.4 Å². The number of hydrogen-bond acceptors (Lipinski definition) is 6. The highest BCUT2D eigenvalue weighted by molar-refractivity contribution is 8.76. The number of ether oxygens (including phenoxy) is 1. The van der Waals surface area contributed by atoms with Crippen molar-refractivity contribution >= 4 is 33.3 Å². The Morgan fingerprint density at radius 1 is 1.09 bits per heavy atom. The summed E-state index contributed by atoms with van der Waals surface area (Å²) in [5.74, 6) is 2.59. The van der Waals surface area contributed by atoms with Crippen LogP contribution in [0.5, 0.6) is 0 Å². The fraction of sp³-hybridized carbons (Fsp3) is 0.882. The molecule has 1 rings (SSSR count). The summed E-state index contributed by atoms with van der Waals surface area (Å²) in [7, 11) is 3.57. The molecule has 1 saturated heterocycles. The minimum Gasteiger partial charge on any atom is -0.459 e. The Morgan fingerprint density at radius 2 is 1.65 bits per heavy atom. The van der Waals surface area contributed by atoms with Gasteiger partial charge >= 0.3 is 5.97 Å². The third-order valence-corrected chi connectivity index (χ3v) is 6.72. The number of nitrogens with one attached hydrogen (secondary N) is 1. The van der Waals surface area contributed by atoms with Crippen LogP contribution in [0, 0.1) is 5.92 Å². The molecule has 0 aromatic rings. The second-order valence-corrected chi connectivity index (χ2v) is 9.36. The summed E-state index contributed by atoms with van der Waals surface area (Å²) in [5, 5.41) is 3.34. The predicted molar refractivity (Wildman–Crippen MR) is 99.8 cm³/mol. The molecule has 0 bridgehead atoms. The molecule has 1 N–H and O–H groups in total. The number of carbonyl (C=O) groups is 2. The van der Waals surface area contributed by atoms with Crippen LogP contribution < -0.4 is 5.32 Å². The normalized spacial score (nSPS) is 16.3. The first-order chi connectivity index (χ1) is 10.9. The first-order valence-corrected chi connectivity index (χ1v) is 11.1. The van der Waals surface area contributed by atoms with Crippen LogP contribution in [0.3, 0.4) is 0 Å². The topological polar surface area (TPSA) is 55.4 Å². The summed E-state index contributed by atoms with van der Waals surface area (Å²) in [6, 6.07) is 0. The van der Waals surface area contributed by atoms with E-state index in [0.717, 1.165) is 50.3 Å².